The Hall–Kier alpha value is -1.74. The zero-order chi connectivity index (χ0) is 12.1. The molecule has 0 bridgehead atoms. The van der Waals surface area contributed by atoms with Gasteiger partial charge < -0.3 is 10.9 Å². The molecule has 0 atom stereocenters. The summed E-state index contributed by atoms with van der Waals surface area (Å²) in [6.45, 7) is 0.223. The first-order valence-electron chi connectivity index (χ1n) is 5.90. The molecule has 1 heterocycles. The van der Waals surface area contributed by atoms with E-state index in [-0.39, 0.29) is 6.61 Å². The quantitative estimate of drug-likeness (QED) is 0.768. The van der Waals surface area contributed by atoms with Crippen LogP contribution in [0.15, 0.2) is 42.6 Å². The number of aryl methyl sites for hydroxylation is 1. The molecule has 3 N–H and O–H groups in total. The number of benzene rings is 1. The molecule has 0 saturated heterocycles. The molecular formula is C14H18N2O. The van der Waals surface area contributed by atoms with Gasteiger partial charge in [0.15, 0.2) is 0 Å². The highest BCUT2D eigenvalue weighted by Crippen LogP contribution is 2.15. The minimum atomic E-state index is 0.223. The summed E-state index contributed by atoms with van der Waals surface area (Å²) >= 11 is 0. The van der Waals surface area contributed by atoms with Gasteiger partial charge in [-0.2, -0.15) is 0 Å². The Labute approximate surface area is 101 Å². The molecule has 0 amide bonds. The Balaban J connectivity index is 2.17. The topological polar surface area (TPSA) is 51.2 Å². The van der Waals surface area contributed by atoms with Gasteiger partial charge in [-0.05, 0) is 30.0 Å². The Morgan fingerprint density at radius 1 is 1.12 bits per heavy atom. The van der Waals surface area contributed by atoms with E-state index in [1.54, 1.807) is 4.68 Å². The van der Waals surface area contributed by atoms with E-state index in [9.17, 15) is 0 Å². The van der Waals surface area contributed by atoms with E-state index in [0.29, 0.717) is 0 Å². The van der Waals surface area contributed by atoms with E-state index >= 15 is 0 Å². The second kappa shape index (κ2) is 5.55. The van der Waals surface area contributed by atoms with Crippen LogP contribution in [0.5, 0.6) is 0 Å². The first-order valence-corrected chi connectivity index (χ1v) is 5.90. The van der Waals surface area contributed by atoms with Crippen LogP contribution in [0.1, 0.15) is 23.2 Å². The fourth-order valence-electron chi connectivity index (χ4n) is 2.01. The van der Waals surface area contributed by atoms with E-state index in [0.717, 1.165) is 25.0 Å². The number of aliphatic hydroxyl groups excluding tert-OH is 1. The molecule has 0 spiro atoms. The minimum absolute atomic E-state index is 0.223. The molecule has 0 aliphatic rings. The fourth-order valence-corrected chi connectivity index (χ4v) is 2.01. The highest BCUT2D eigenvalue weighted by atomic mass is 16.2. The van der Waals surface area contributed by atoms with E-state index in [1.165, 1.54) is 11.1 Å². The third kappa shape index (κ3) is 2.88. The van der Waals surface area contributed by atoms with Gasteiger partial charge in [0, 0.05) is 24.9 Å². The maximum absolute atomic E-state index is 8.88. The van der Waals surface area contributed by atoms with Gasteiger partial charge in [-0.3, -0.25) is 4.68 Å². The normalized spacial score (nSPS) is 10.6. The third-order valence-corrected chi connectivity index (χ3v) is 2.94. The van der Waals surface area contributed by atoms with Gasteiger partial charge in [-0.15, -0.1) is 0 Å². The zero-order valence-electron chi connectivity index (χ0n) is 9.84. The zero-order valence-corrected chi connectivity index (χ0v) is 9.84. The largest absolute Gasteiger partial charge is 0.396 e. The molecule has 3 heteroatoms. The van der Waals surface area contributed by atoms with Gasteiger partial charge in [0.25, 0.3) is 0 Å². The summed E-state index contributed by atoms with van der Waals surface area (Å²) in [5.41, 5.74) is 3.61. The van der Waals surface area contributed by atoms with Crippen LogP contribution >= 0.6 is 0 Å². The molecule has 0 aliphatic carbocycles. The van der Waals surface area contributed by atoms with Gasteiger partial charge in [-0.25, -0.2) is 0 Å². The van der Waals surface area contributed by atoms with Crippen LogP contribution < -0.4 is 5.84 Å². The van der Waals surface area contributed by atoms with Crippen molar-refractivity contribution in [3.63, 3.8) is 0 Å². The Morgan fingerprint density at radius 2 is 1.88 bits per heavy atom. The smallest absolute Gasteiger partial charge is 0.0467 e. The van der Waals surface area contributed by atoms with E-state index < -0.39 is 0 Å². The van der Waals surface area contributed by atoms with Crippen LogP contribution in [0.25, 0.3) is 0 Å². The number of hydrogen-bond donors (Lipinski definition) is 2. The molecule has 3 nitrogen and oxygen atoms in total. The van der Waals surface area contributed by atoms with Gasteiger partial charge >= 0.3 is 0 Å². The lowest BCUT2D eigenvalue weighted by Crippen LogP contribution is -2.12. The molecule has 1 aromatic heterocycles. The maximum Gasteiger partial charge on any atom is 0.0467 e. The molecular weight excluding hydrogens is 212 g/mol. The summed E-state index contributed by atoms with van der Waals surface area (Å²) in [7, 11) is 0. The number of aromatic nitrogens is 1. The lowest BCUT2D eigenvalue weighted by atomic mass is 10.0. The monoisotopic (exact) mass is 230 g/mol. The molecule has 2 aromatic rings. The van der Waals surface area contributed by atoms with Gasteiger partial charge in [0.1, 0.15) is 0 Å². The minimum Gasteiger partial charge on any atom is -0.396 e. The summed E-state index contributed by atoms with van der Waals surface area (Å²) in [5, 5.41) is 8.88. The van der Waals surface area contributed by atoms with Crippen LogP contribution in [0.4, 0.5) is 0 Å². The second-order valence-electron chi connectivity index (χ2n) is 4.18. The number of rotatable bonds is 5. The molecule has 0 fully saturated rings. The summed E-state index contributed by atoms with van der Waals surface area (Å²) in [4.78, 5) is 0. The Morgan fingerprint density at radius 3 is 2.59 bits per heavy atom. The van der Waals surface area contributed by atoms with Gasteiger partial charge in [0.2, 0.25) is 0 Å². The van der Waals surface area contributed by atoms with Crippen molar-refractivity contribution >= 4 is 0 Å². The number of nitrogen functional groups attached to an aromatic ring is 1. The van der Waals surface area contributed by atoms with Crippen LogP contribution in [-0.2, 0) is 12.8 Å². The SMILES string of the molecule is Nn1ccc(CCCO)c1Cc1ccccc1. The molecule has 0 saturated carbocycles. The number of aliphatic hydroxyl groups is 1. The lowest BCUT2D eigenvalue weighted by Gasteiger charge is -2.07. The summed E-state index contributed by atoms with van der Waals surface area (Å²) in [6, 6.07) is 12.3. The average molecular weight is 230 g/mol. The van der Waals surface area contributed by atoms with E-state index in [4.69, 9.17) is 10.9 Å². The third-order valence-electron chi connectivity index (χ3n) is 2.94. The van der Waals surface area contributed by atoms with Crippen LogP contribution in [0, 0.1) is 0 Å². The van der Waals surface area contributed by atoms with Crippen molar-refractivity contribution in [1.29, 1.82) is 0 Å². The van der Waals surface area contributed by atoms with Crippen LogP contribution in [0.2, 0.25) is 0 Å². The number of hydrogen-bond acceptors (Lipinski definition) is 2. The maximum atomic E-state index is 8.88. The molecule has 0 radical (unpaired) electrons. The highest BCUT2D eigenvalue weighted by molar-refractivity contribution is 5.29. The lowest BCUT2D eigenvalue weighted by molar-refractivity contribution is 0.288. The van der Waals surface area contributed by atoms with Crippen molar-refractivity contribution in [2.45, 2.75) is 19.3 Å². The first kappa shape index (κ1) is 11.7. The van der Waals surface area contributed by atoms with Crippen molar-refractivity contribution in [1.82, 2.24) is 4.68 Å². The van der Waals surface area contributed by atoms with Crippen molar-refractivity contribution in [3.8, 4) is 0 Å². The predicted octanol–water partition coefficient (Wildman–Crippen LogP) is 1.72. The summed E-state index contributed by atoms with van der Waals surface area (Å²) in [5.74, 6) is 5.92. The summed E-state index contributed by atoms with van der Waals surface area (Å²) < 4.78 is 1.68. The summed E-state index contributed by atoms with van der Waals surface area (Å²) in [6.07, 6.45) is 4.38. The number of nitrogens with two attached hydrogens (primary N) is 1. The molecule has 17 heavy (non-hydrogen) atoms. The van der Waals surface area contributed by atoms with E-state index in [1.807, 2.05) is 30.5 Å². The molecule has 2 rings (SSSR count). The molecule has 1 aromatic carbocycles. The van der Waals surface area contributed by atoms with Crippen molar-refractivity contribution in [2.75, 3.05) is 12.4 Å². The Kier molecular flexibility index (Phi) is 3.83. The average Bonchev–Trinajstić information content (AvgIpc) is 2.70. The van der Waals surface area contributed by atoms with Gasteiger partial charge in [-0.1, -0.05) is 30.3 Å². The molecule has 0 unspecified atom stereocenters. The van der Waals surface area contributed by atoms with E-state index in [2.05, 4.69) is 12.1 Å². The first-order chi connectivity index (χ1) is 8.31. The van der Waals surface area contributed by atoms with Crippen molar-refractivity contribution < 1.29 is 5.11 Å². The van der Waals surface area contributed by atoms with Crippen molar-refractivity contribution in [3.05, 3.63) is 59.4 Å². The number of nitrogens with zero attached hydrogens (tertiary/aromatic N) is 1. The van der Waals surface area contributed by atoms with Crippen LogP contribution in [-0.4, -0.2) is 16.4 Å². The molecule has 0 aliphatic heterocycles. The second-order valence-corrected chi connectivity index (χ2v) is 4.18. The predicted molar refractivity (Wildman–Crippen MR) is 69.2 cm³/mol. The standard InChI is InChI=1S/C14H18N2O/c15-16-9-8-13(7-4-10-17)14(16)11-12-5-2-1-3-6-12/h1-3,5-6,8-9,17H,4,7,10-11,15H2. The Bertz CT molecular complexity index is 462. The van der Waals surface area contributed by atoms with Crippen LogP contribution in [0.3, 0.4) is 0 Å². The van der Waals surface area contributed by atoms with Gasteiger partial charge in [0.05, 0.1) is 0 Å². The highest BCUT2D eigenvalue weighted by Gasteiger charge is 2.07. The molecule has 90 valence electrons. The fraction of sp³-hybridized carbons (Fsp3) is 0.286. The van der Waals surface area contributed by atoms with Crippen molar-refractivity contribution in [2.24, 2.45) is 0 Å².